The molecule has 0 aromatic carbocycles. The summed E-state index contributed by atoms with van der Waals surface area (Å²) in [6, 6.07) is 1.78. The average Bonchev–Trinajstić information content (AvgIpc) is 2.45. The van der Waals surface area contributed by atoms with Crippen LogP contribution in [0.25, 0.3) is 0 Å². The zero-order valence-electron chi connectivity index (χ0n) is 13.6. The number of aromatic nitrogens is 1. The van der Waals surface area contributed by atoms with E-state index in [-0.39, 0.29) is 34.9 Å². The van der Waals surface area contributed by atoms with E-state index in [0.29, 0.717) is 13.1 Å². The normalized spacial score (nSPS) is 14.0. The van der Waals surface area contributed by atoms with Gasteiger partial charge in [-0.3, -0.25) is 9.59 Å². The predicted octanol–water partition coefficient (Wildman–Crippen LogP) is 1.73. The van der Waals surface area contributed by atoms with Gasteiger partial charge in [-0.05, 0) is 49.3 Å². The number of H-pyrrole nitrogens is 1. The Bertz CT molecular complexity index is 596. The lowest BCUT2D eigenvalue weighted by atomic mass is 9.92. The lowest BCUT2D eigenvalue weighted by molar-refractivity contribution is 0.0738. The number of pyridine rings is 1. The van der Waals surface area contributed by atoms with E-state index in [4.69, 9.17) is 5.73 Å². The monoisotopic (exact) mass is 327 g/mol. The van der Waals surface area contributed by atoms with E-state index in [1.165, 1.54) is 0 Å². The molecule has 124 valence electrons. The minimum absolute atomic E-state index is 0. The second kappa shape index (κ2) is 7.29. The molecule has 1 amide bonds. The van der Waals surface area contributed by atoms with Gasteiger partial charge in [0.05, 0.1) is 0 Å². The third kappa shape index (κ3) is 4.11. The van der Waals surface area contributed by atoms with E-state index in [1.54, 1.807) is 18.0 Å². The van der Waals surface area contributed by atoms with Crippen LogP contribution in [0.2, 0.25) is 0 Å². The third-order valence-electron chi connectivity index (χ3n) is 4.13. The minimum atomic E-state index is -0.280. The molecule has 0 aliphatic heterocycles. The smallest absolute Gasteiger partial charge is 0.261 e. The molecule has 3 N–H and O–H groups in total. The Hall–Kier alpha value is -1.33. The van der Waals surface area contributed by atoms with Crippen molar-refractivity contribution in [3.05, 3.63) is 33.2 Å². The quantitative estimate of drug-likeness (QED) is 0.884. The second-order valence-electron chi connectivity index (χ2n) is 6.75. The molecule has 0 fully saturated rings. The van der Waals surface area contributed by atoms with E-state index >= 15 is 0 Å². The zero-order chi connectivity index (χ0) is 15.6. The Labute approximate surface area is 137 Å². The summed E-state index contributed by atoms with van der Waals surface area (Å²) < 4.78 is 0. The van der Waals surface area contributed by atoms with E-state index < -0.39 is 0 Å². The number of nitrogens with zero attached hydrogens (tertiary/aromatic N) is 1. The lowest BCUT2D eigenvalue weighted by Gasteiger charge is -2.29. The summed E-state index contributed by atoms with van der Waals surface area (Å²) in [6.45, 7) is 5.03. The first-order valence-electron chi connectivity index (χ1n) is 7.55. The molecule has 22 heavy (non-hydrogen) atoms. The first-order chi connectivity index (χ1) is 9.84. The molecule has 0 radical (unpaired) electrons. The van der Waals surface area contributed by atoms with Crippen molar-refractivity contribution in [1.82, 2.24) is 9.88 Å². The largest absolute Gasteiger partial charge is 0.341 e. The fraction of sp³-hybridized carbons (Fsp3) is 0.625. The standard InChI is InChI=1S/C16H25N3O2.ClH/c1-16(2,9-17)10-19(3)15(21)12-8-11-6-4-5-7-13(11)18-14(12)20;/h8H,4-7,9-10,17H2,1-3H3,(H,18,20);1H. The van der Waals surface area contributed by atoms with Crippen molar-refractivity contribution in [3.8, 4) is 0 Å². The topological polar surface area (TPSA) is 79.2 Å². The molecule has 1 aliphatic carbocycles. The number of hydrogen-bond acceptors (Lipinski definition) is 3. The van der Waals surface area contributed by atoms with Gasteiger partial charge in [0, 0.05) is 19.3 Å². The second-order valence-corrected chi connectivity index (χ2v) is 6.75. The number of carbonyl (C=O) groups excluding carboxylic acids is 1. The molecule has 1 aromatic heterocycles. The first kappa shape index (κ1) is 18.7. The van der Waals surface area contributed by atoms with Crippen LogP contribution in [0.1, 0.15) is 48.3 Å². The number of nitrogens with one attached hydrogen (secondary N) is 1. The van der Waals surface area contributed by atoms with Crippen LogP contribution in [0.3, 0.4) is 0 Å². The van der Waals surface area contributed by atoms with E-state index in [1.807, 2.05) is 13.8 Å². The van der Waals surface area contributed by atoms with Crippen molar-refractivity contribution in [2.24, 2.45) is 11.1 Å². The predicted molar refractivity (Wildman–Crippen MR) is 90.7 cm³/mol. The van der Waals surface area contributed by atoms with E-state index in [9.17, 15) is 9.59 Å². The van der Waals surface area contributed by atoms with Gasteiger partial charge < -0.3 is 15.6 Å². The molecule has 0 saturated heterocycles. The minimum Gasteiger partial charge on any atom is -0.341 e. The number of aromatic amines is 1. The van der Waals surface area contributed by atoms with Crippen LogP contribution in [0, 0.1) is 5.41 Å². The highest BCUT2D eigenvalue weighted by atomic mass is 35.5. The fourth-order valence-electron chi connectivity index (χ4n) is 2.82. The van der Waals surface area contributed by atoms with Gasteiger partial charge in [-0.2, -0.15) is 0 Å². The molecule has 5 nitrogen and oxygen atoms in total. The van der Waals surface area contributed by atoms with Gasteiger partial charge in [-0.15, -0.1) is 12.4 Å². The molecule has 1 heterocycles. The van der Waals surface area contributed by atoms with Crippen molar-refractivity contribution in [1.29, 1.82) is 0 Å². The van der Waals surface area contributed by atoms with Crippen LogP contribution < -0.4 is 11.3 Å². The Morgan fingerprint density at radius 3 is 2.64 bits per heavy atom. The maximum absolute atomic E-state index is 12.5. The number of hydrogen-bond donors (Lipinski definition) is 2. The number of amides is 1. The number of rotatable bonds is 4. The van der Waals surface area contributed by atoms with Crippen LogP contribution in [0.15, 0.2) is 10.9 Å². The molecule has 0 atom stereocenters. The van der Waals surface area contributed by atoms with Gasteiger partial charge in [-0.1, -0.05) is 13.8 Å². The van der Waals surface area contributed by atoms with Gasteiger partial charge in [-0.25, -0.2) is 0 Å². The van der Waals surface area contributed by atoms with Crippen molar-refractivity contribution in [2.45, 2.75) is 39.5 Å². The maximum Gasteiger partial charge on any atom is 0.261 e. The van der Waals surface area contributed by atoms with Crippen LogP contribution in [-0.2, 0) is 12.8 Å². The summed E-state index contributed by atoms with van der Waals surface area (Å²) in [5, 5.41) is 0. The number of halogens is 1. The molecular formula is C16H26ClN3O2. The lowest BCUT2D eigenvalue weighted by Crippen LogP contribution is -2.41. The van der Waals surface area contributed by atoms with Gasteiger partial charge >= 0.3 is 0 Å². The van der Waals surface area contributed by atoms with Crippen molar-refractivity contribution in [2.75, 3.05) is 20.1 Å². The van der Waals surface area contributed by atoms with Crippen LogP contribution in [-0.4, -0.2) is 35.9 Å². The molecular weight excluding hydrogens is 302 g/mol. The zero-order valence-corrected chi connectivity index (χ0v) is 14.4. The average molecular weight is 328 g/mol. The molecule has 0 unspecified atom stereocenters. The summed E-state index contributed by atoms with van der Waals surface area (Å²) in [5.74, 6) is -0.230. The van der Waals surface area contributed by atoms with Crippen LogP contribution in [0.4, 0.5) is 0 Å². The van der Waals surface area contributed by atoms with Crippen LogP contribution in [0.5, 0.6) is 0 Å². The first-order valence-corrected chi connectivity index (χ1v) is 7.55. The van der Waals surface area contributed by atoms with Gasteiger partial charge in [0.25, 0.3) is 11.5 Å². The molecule has 0 bridgehead atoms. The van der Waals surface area contributed by atoms with Crippen molar-refractivity contribution < 1.29 is 4.79 Å². The van der Waals surface area contributed by atoms with Gasteiger partial charge in [0.1, 0.15) is 5.56 Å². The Balaban J connectivity index is 0.00000242. The van der Waals surface area contributed by atoms with Crippen molar-refractivity contribution >= 4 is 18.3 Å². The Kier molecular flexibility index (Phi) is 6.20. The highest BCUT2D eigenvalue weighted by Gasteiger charge is 2.24. The molecule has 0 spiro atoms. The number of fused-ring (bicyclic) bond motifs is 1. The number of nitrogens with two attached hydrogens (primary N) is 1. The summed E-state index contributed by atoms with van der Waals surface area (Å²) in [7, 11) is 1.72. The molecule has 1 aromatic rings. The summed E-state index contributed by atoms with van der Waals surface area (Å²) >= 11 is 0. The SMILES string of the molecule is CN(CC(C)(C)CN)C(=O)c1cc2c([nH]c1=O)CCCC2.Cl. The third-order valence-corrected chi connectivity index (χ3v) is 4.13. The Morgan fingerprint density at radius 2 is 2.00 bits per heavy atom. The molecule has 2 rings (SSSR count). The maximum atomic E-state index is 12.5. The van der Waals surface area contributed by atoms with E-state index in [0.717, 1.165) is 36.9 Å². The fourth-order valence-corrected chi connectivity index (χ4v) is 2.82. The van der Waals surface area contributed by atoms with E-state index in [2.05, 4.69) is 4.98 Å². The van der Waals surface area contributed by atoms with Gasteiger partial charge in [0.15, 0.2) is 0 Å². The van der Waals surface area contributed by atoms with Crippen molar-refractivity contribution in [3.63, 3.8) is 0 Å². The highest BCUT2D eigenvalue weighted by Crippen LogP contribution is 2.20. The molecule has 1 aliphatic rings. The van der Waals surface area contributed by atoms with Gasteiger partial charge in [0.2, 0.25) is 0 Å². The highest BCUT2D eigenvalue weighted by molar-refractivity contribution is 5.94. The summed E-state index contributed by atoms with van der Waals surface area (Å²) in [5.41, 5.74) is 7.61. The number of aryl methyl sites for hydroxylation is 2. The summed E-state index contributed by atoms with van der Waals surface area (Å²) in [4.78, 5) is 29.1. The van der Waals surface area contributed by atoms with Crippen LogP contribution >= 0.6 is 12.4 Å². The molecule has 6 heteroatoms. The molecule has 0 saturated carbocycles. The summed E-state index contributed by atoms with van der Waals surface area (Å²) in [6.07, 6.45) is 4.04. The number of carbonyl (C=O) groups is 1. The Morgan fingerprint density at radius 1 is 1.36 bits per heavy atom.